The molecule has 0 bridgehead atoms. The highest BCUT2D eigenvalue weighted by molar-refractivity contribution is 9.09. The van der Waals surface area contributed by atoms with Crippen molar-refractivity contribution in [1.29, 1.82) is 0 Å². The minimum Gasteiger partial charge on any atom is -0.463 e. The van der Waals surface area contributed by atoms with Gasteiger partial charge in [-0.1, -0.05) is 34.1 Å². The maximum Gasteiger partial charge on any atom is 0.292 e. The number of hydrogen-bond acceptors (Lipinski definition) is 2. The molecule has 1 aromatic rings. The molecule has 0 aromatic heterocycles. The van der Waals surface area contributed by atoms with Gasteiger partial charge in [-0.2, -0.15) is 4.99 Å². The molecule has 2 rings (SSSR count). The van der Waals surface area contributed by atoms with Gasteiger partial charge in [-0.05, 0) is 12.1 Å². The van der Waals surface area contributed by atoms with Gasteiger partial charge in [0, 0.05) is 11.9 Å². The fourth-order valence-electron chi connectivity index (χ4n) is 1.46. The highest BCUT2D eigenvalue weighted by Gasteiger charge is 2.19. The molecule has 0 spiro atoms. The number of halogens is 2. The lowest BCUT2D eigenvalue weighted by Gasteiger charge is -2.13. The van der Waals surface area contributed by atoms with E-state index >= 15 is 0 Å². The van der Waals surface area contributed by atoms with Crippen molar-refractivity contribution in [1.82, 2.24) is 4.90 Å². The van der Waals surface area contributed by atoms with Crippen LogP contribution in [0.15, 0.2) is 35.3 Å². The Kier molecular flexibility index (Phi) is 5.84. The van der Waals surface area contributed by atoms with Crippen molar-refractivity contribution in [3.05, 3.63) is 30.3 Å². The predicted octanol–water partition coefficient (Wildman–Crippen LogP) is 2.98. The molecule has 1 saturated heterocycles. The first kappa shape index (κ1) is 13.5. The van der Waals surface area contributed by atoms with Crippen molar-refractivity contribution >= 4 is 44.6 Å². The monoisotopic (exact) mass is 348 g/mol. The molecule has 1 aliphatic rings. The van der Waals surface area contributed by atoms with E-state index in [1.54, 1.807) is 0 Å². The lowest BCUT2D eigenvalue weighted by Crippen LogP contribution is -2.27. The summed E-state index contributed by atoms with van der Waals surface area (Å²) in [6.07, 6.45) is 0. The maximum atomic E-state index is 5.48. The number of ether oxygens (including phenoxy) is 1. The number of aliphatic imine (C=N–C) groups is 1. The van der Waals surface area contributed by atoms with Gasteiger partial charge >= 0.3 is 0 Å². The van der Waals surface area contributed by atoms with Gasteiger partial charge in [-0.3, -0.25) is 0 Å². The normalized spacial score (nSPS) is 17.1. The quantitative estimate of drug-likeness (QED) is 0.784. The van der Waals surface area contributed by atoms with Crippen LogP contribution >= 0.6 is 32.9 Å². The van der Waals surface area contributed by atoms with Gasteiger partial charge in [0.15, 0.2) is 0 Å². The summed E-state index contributed by atoms with van der Waals surface area (Å²) in [6.45, 7) is 2.60. The highest BCUT2D eigenvalue weighted by Crippen LogP contribution is 2.14. The first-order valence-corrected chi connectivity index (χ1v) is 6.10. The fourth-order valence-corrected chi connectivity index (χ4v) is 1.89. The van der Waals surface area contributed by atoms with Crippen LogP contribution in [0.3, 0.4) is 0 Å². The number of hydrogen-bond donors (Lipinski definition) is 0. The van der Waals surface area contributed by atoms with Crippen molar-refractivity contribution < 1.29 is 4.74 Å². The van der Waals surface area contributed by atoms with Crippen LogP contribution < -0.4 is 0 Å². The number of amidine groups is 1. The van der Waals surface area contributed by atoms with Crippen LogP contribution in [0.5, 0.6) is 0 Å². The Bertz CT molecular complexity index is 343. The van der Waals surface area contributed by atoms with Crippen LogP contribution in [0.4, 0.5) is 5.69 Å². The summed E-state index contributed by atoms with van der Waals surface area (Å²) in [6, 6.07) is 10.6. The molecule has 16 heavy (non-hydrogen) atoms. The number of benzene rings is 1. The summed E-state index contributed by atoms with van der Waals surface area (Å²) in [5.41, 5.74) is 0.939. The molecule has 0 unspecified atom stereocenters. The molecule has 1 aliphatic heterocycles. The zero-order chi connectivity index (χ0) is 10.5. The van der Waals surface area contributed by atoms with Crippen molar-refractivity contribution in [3.8, 4) is 0 Å². The van der Waals surface area contributed by atoms with Crippen LogP contribution in [-0.4, -0.2) is 35.9 Å². The third-order valence-electron chi connectivity index (χ3n) is 2.20. The summed E-state index contributed by atoms with van der Waals surface area (Å²) >= 11 is 3.42. The van der Waals surface area contributed by atoms with Crippen molar-refractivity contribution in [2.75, 3.05) is 25.0 Å². The molecule has 0 radical (unpaired) electrons. The SMILES string of the molecule is Br.BrCCN1CCOC1=Nc1ccccc1. The van der Waals surface area contributed by atoms with E-state index in [9.17, 15) is 0 Å². The van der Waals surface area contributed by atoms with Crippen LogP contribution in [0.25, 0.3) is 0 Å². The minimum atomic E-state index is 0. The summed E-state index contributed by atoms with van der Waals surface area (Å²) in [7, 11) is 0. The fraction of sp³-hybridized carbons (Fsp3) is 0.364. The molecule has 0 amide bonds. The molecular weight excluding hydrogens is 336 g/mol. The molecule has 1 fully saturated rings. The summed E-state index contributed by atoms with van der Waals surface area (Å²) in [5, 5.41) is 0.935. The van der Waals surface area contributed by atoms with Gasteiger partial charge in [0.1, 0.15) is 6.61 Å². The molecule has 0 N–H and O–H groups in total. The average Bonchev–Trinajstić information content (AvgIpc) is 2.68. The molecule has 0 atom stereocenters. The zero-order valence-corrected chi connectivity index (χ0v) is 12.1. The third-order valence-corrected chi connectivity index (χ3v) is 2.55. The Morgan fingerprint density at radius 2 is 2.06 bits per heavy atom. The molecule has 0 saturated carbocycles. The van der Waals surface area contributed by atoms with E-state index in [1.807, 2.05) is 30.3 Å². The Hall–Kier alpha value is -0.550. The topological polar surface area (TPSA) is 24.8 Å². The van der Waals surface area contributed by atoms with Gasteiger partial charge in [0.05, 0.1) is 12.2 Å². The van der Waals surface area contributed by atoms with E-state index in [0.29, 0.717) is 0 Å². The molecule has 0 aliphatic carbocycles. The lowest BCUT2D eigenvalue weighted by molar-refractivity contribution is 0.352. The molecule has 3 nitrogen and oxygen atoms in total. The smallest absolute Gasteiger partial charge is 0.292 e. The zero-order valence-electron chi connectivity index (χ0n) is 8.80. The molecular formula is C11H14Br2N2O. The van der Waals surface area contributed by atoms with E-state index in [0.717, 1.165) is 36.7 Å². The van der Waals surface area contributed by atoms with Crippen LogP contribution in [0, 0.1) is 0 Å². The molecule has 5 heteroatoms. The second-order valence-electron chi connectivity index (χ2n) is 3.25. The van der Waals surface area contributed by atoms with Gasteiger partial charge in [0.2, 0.25) is 0 Å². The summed E-state index contributed by atoms with van der Waals surface area (Å²) < 4.78 is 5.48. The minimum absolute atomic E-state index is 0. The Labute approximate surface area is 114 Å². The van der Waals surface area contributed by atoms with Gasteiger partial charge < -0.3 is 9.64 Å². The number of para-hydroxylation sites is 1. The van der Waals surface area contributed by atoms with Gasteiger partial charge in [0.25, 0.3) is 6.02 Å². The first-order chi connectivity index (χ1) is 7.40. The van der Waals surface area contributed by atoms with Crippen LogP contribution in [0.1, 0.15) is 0 Å². The Balaban J connectivity index is 0.00000128. The molecule has 1 heterocycles. The van der Waals surface area contributed by atoms with Crippen LogP contribution in [-0.2, 0) is 4.74 Å². The molecule has 88 valence electrons. The summed E-state index contributed by atoms with van der Waals surface area (Å²) in [5.74, 6) is 0. The second kappa shape index (κ2) is 6.91. The highest BCUT2D eigenvalue weighted by atomic mass is 79.9. The van der Waals surface area contributed by atoms with Crippen molar-refractivity contribution in [2.24, 2.45) is 4.99 Å². The van der Waals surface area contributed by atoms with Crippen LogP contribution in [0.2, 0.25) is 0 Å². The largest absolute Gasteiger partial charge is 0.463 e. The molecule has 1 aromatic carbocycles. The van der Waals surface area contributed by atoms with E-state index in [-0.39, 0.29) is 17.0 Å². The maximum absolute atomic E-state index is 5.48. The van der Waals surface area contributed by atoms with Crippen molar-refractivity contribution in [3.63, 3.8) is 0 Å². The number of nitrogens with zero attached hydrogens (tertiary/aromatic N) is 2. The van der Waals surface area contributed by atoms with E-state index in [1.165, 1.54) is 0 Å². The first-order valence-electron chi connectivity index (χ1n) is 4.97. The average molecular weight is 350 g/mol. The lowest BCUT2D eigenvalue weighted by atomic mass is 10.3. The van der Waals surface area contributed by atoms with E-state index < -0.39 is 0 Å². The second-order valence-corrected chi connectivity index (χ2v) is 4.05. The standard InChI is InChI=1S/C11H13BrN2O.BrH/c12-6-7-14-8-9-15-11(14)13-10-4-2-1-3-5-10;/h1-5H,6-9H2;1H. The predicted molar refractivity (Wildman–Crippen MR) is 75.2 cm³/mol. The summed E-state index contributed by atoms with van der Waals surface area (Å²) in [4.78, 5) is 6.60. The van der Waals surface area contributed by atoms with Crippen molar-refractivity contribution in [2.45, 2.75) is 0 Å². The van der Waals surface area contributed by atoms with Gasteiger partial charge in [-0.15, -0.1) is 17.0 Å². The van der Waals surface area contributed by atoms with E-state index in [4.69, 9.17) is 4.74 Å². The number of rotatable bonds is 3. The van der Waals surface area contributed by atoms with Gasteiger partial charge in [-0.25, -0.2) is 0 Å². The Morgan fingerprint density at radius 1 is 1.31 bits per heavy atom. The Morgan fingerprint density at radius 3 is 2.75 bits per heavy atom. The third kappa shape index (κ3) is 3.49. The van der Waals surface area contributed by atoms with E-state index in [2.05, 4.69) is 25.8 Å². The number of alkyl halides is 1.